The van der Waals surface area contributed by atoms with E-state index in [0.717, 1.165) is 18.4 Å². The van der Waals surface area contributed by atoms with Crippen molar-refractivity contribution in [1.82, 2.24) is 5.32 Å². The van der Waals surface area contributed by atoms with E-state index < -0.39 is 11.4 Å². The maximum absolute atomic E-state index is 12.0. The van der Waals surface area contributed by atoms with Crippen LogP contribution in [0.1, 0.15) is 40.9 Å². The van der Waals surface area contributed by atoms with E-state index in [2.05, 4.69) is 5.32 Å². The summed E-state index contributed by atoms with van der Waals surface area (Å²) >= 11 is 7.31. The molecule has 0 aromatic carbocycles. The summed E-state index contributed by atoms with van der Waals surface area (Å²) in [6.07, 6.45) is 3.06. The van der Waals surface area contributed by atoms with Gasteiger partial charge in [0.15, 0.2) is 0 Å². The monoisotopic (exact) mass is 301 g/mol. The van der Waals surface area contributed by atoms with E-state index in [9.17, 15) is 14.7 Å². The predicted molar refractivity (Wildman–Crippen MR) is 74.9 cm³/mol. The molecule has 1 saturated carbocycles. The van der Waals surface area contributed by atoms with Crippen LogP contribution in [0.25, 0.3) is 0 Å². The minimum absolute atomic E-state index is 0.175. The molecule has 1 fully saturated rings. The third kappa shape index (κ3) is 2.77. The van der Waals surface area contributed by atoms with Crippen LogP contribution >= 0.6 is 22.9 Å². The van der Waals surface area contributed by atoms with Crippen LogP contribution in [-0.4, -0.2) is 23.5 Å². The number of halogens is 1. The van der Waals surface area contributed by atoms with Crippen molar-refractivity contribution in [3.63, 3.8) is 0 Å². The lowest BCUT2D eigenvalue weighted by Gasteiger charge is -2.23. The number of aliphatic carboxylic acids is 1. The first-order chi connectivity index (χ1) is 8.96. The first-order valence-electron chi connectivity index (χ1n) is 6.21. The molecule has 1 aliphatic rings. The number of hydrogen-bond donors (Lipinski definition) is 2. The first kappa shape index (κ1) is 14.3. The second-order valence-corrected chi connectivity index (χ2v) is 6.29. The van der Waals surface area contributed by atoms with Gasteiger partial charge in [-0.2, -0.15) is 0 Å². The lowest BCUT2D eigenvalue weighted by molar-refractivity contribution is -0.148. The van der Waals surface area contributed by atoms with Gasteiger partial charge in [0, 0.05) is 6.54 Å². The van der Waals surface area contributed by atoms with Gasteiger partial charge in [-0.05, 0) is 30.7 Å². The topological polar surface area (TPSA) is 66.4 Å². The maximum atomic E-state index is 12.0. The number of nitrogens with one attached hydrogen (secondary N) is 1. The second kappa shape index (κ2) is 5.51. The van der Waals surface area contributed by atoms with Crippen LogP contribution in [0.5, 0.6) is 0 Å². The summed E-state index contributed by atoms with van der Waals surface area (Å²) in [5.74, 6) is -1.10. The minimum Gasteiger partial charge on any atom is -0.481 e. The maximum Gasteiger partial charge on any atom is 0.311 e. The van der Waals surface area contributed by atoms with Gasteiger partial charge in [0.05, 0.1) is 10.4 Å². The zero-order chi connectivity index (χ0) is 14.0. The lowest BCUT2D eigenvalue weighted by Crippen LogP contribution is -2.41. The molecule has 2 N–H and O–H groups in total. The van der Waals surface area contributed by atoms with E-state index in [1.54, 1.807) is 0 Å². The number of aryl methyl sites for hydroxylation is 1. The Balaban J connectivity index is 2.04. The van der Waals surface area contributed by atoms with Gasteiger partial charge in [-0.3, -0.25) is 9.59 Å². The van der Waals surface area contributed by atoms with Crippen LogP contribution in [0, 0.1) is 12.3 Å². The van der Waals surface area contributed by atoms with Crippen LogP contribution in [0.3, 0.4) is 0 Å². The first-order valence-corrected chi connectivity index (χ1v) is 7.47. The molecule has 2 rings (SSSR count). The van der Waals surface area contributed by atoms with E-state index in [0.29, 0.717) is 22.7 Å². The Hall–Kier alpha value is -1.07. The third-order valence-corrected chi connectivity index (χ3v) is 5.40. The molecule has 1 aromatic rings. The van der Waals surface area contributed by atoms with Crippen molar-refractivity contribution in [2.75, 3.05) is 6.54 Å². The van der Waals surface area contributed by atoms with Crippen molar-refractivity contribution in [2.24, 2.45) is 5.41 Å². The van der Waals surface area contributed by atoms with E-state index in [4.69, 9.17) is 11.6 Å². The number of carboxylic acid groups (broad SMARTS) is 1. The van der Waals surface area contributed by atoms with Crippen molar-refractivity contribution in [3.05, 3.63) is 20.8 Å². The van der Waals surface area contributed by atoms with Crippen LogP contribution in [0.15, 0.2) is 5.38 Å². The summed E-state index contributed by atoms with van der Waals surface area (Å²) < 4.78 is 0. The number of hydrogen-bond acceptors (Lipinski definition) is 3. The third-order valence-electron chi connectivity index (χ3n) is 3.71. The molecular weight excluding hydrogens is 286 g/mol. The lowest BCUT2D eigenvalue weighted by atomic mass is 9.86. The predicted octanol–water partition coefficient (Wildman–Crippen LogP) is 3.08. The highest BCUT2D eigenvalue weighted by Gasteiger charge is 2.41. The quantitative estimate of drug-likeness (QED) is 0.898. The highest BCUT2D eigenvalue weighted by molar-refractivity contribution is 7.13. The standard InChI is InChI=1S/C13H16ClNO3S/c1-8-6-19-10(9(8)14)11(16)15-7-13(12(17)18)4-2-3-5-13/h6H,2-5,7H2,1H3,(H,15,16)(H,17,18). The van der Waals surface area contributed by atoms with Crippen molar-refractivity contribution in [3.8, 4) is 0 Å². The van der Waals surface area contributed by atoms with Crippen molar-refractivity contribution in [1.29, 1.82) is 0 Å². The molecular formula is C13H16ClNO3S. The summed E-state index contributed by atoms with van der Waals surface area (Å²) in [5.41, 5.74) is 0.0691. The molecule has 0 spiro atoms. The fourth-order valence-electron chi connectivity index (χ4n) is 2.43. The highest BCUT2D eigenvalue weighted by atomic mass is 35.5. The molecule has 6 heteroatoms. The highest BCUT2D eigenvalue weighted by Crippen LogP contribution is 2.38. The van der Waals surface area contributed by atoms with Crippen LogP contribution in [-0.2, 0) is 4.79 Å². The molecule has 0 unspecified atom stereocenters. The van der Waals surface area contributed by atoms with Gasteiger partial charge in [0.1, 0.15) is 4.88 Å². The molecule has 0 bridgehead atoms. The van der Waals surface area contributed by atoms with Gasteiger partial charge in [-0.25, -0.2) is 0 Å². The summed E-state index contributed by atoms with van der Waals surface area (Å²) in [7, 11) is 0. The SMILES string of the molecule is Cc1csc(C(=O)NCC2(C(=O)O)CCCC2)c1Cl. The molecule has 0 radical (unpaired) electrons. The average molecular weight is 302 g/mol. The molecule has 4 nitrogen and oxygen atoms in total. The Labute approximate surface area is 120 Å². The van der Waals surface area contributed by atoms with Crippen LogP contribution < -0.4 is 5.32 Å². The zero-order valence-corrected chi connectivity index (χ0v) is 12.2. The fraction of sp³-hybridized carbons (Fsp3) is 0.538. The van der Waals surface area contributed by atoms with Gasteiger partial charge in [0.25, 0.3) is 5.91 Å². The van der Waals surface area contributed by atoms with Crippen LogP contribution in [0.4, 0.5) is 0 Å². The summed E-state index contributed by atoms with van der Waals surface area (Å²) in [5, 5.41) is 14.3. The van der Waals surface area contributed by atoms with Crippen molar-refractivity contribution < 1.29 is 14.7 Å². The van der Waals surface area contributed by atoms with Gasteiger partial charge in [-0.15, -0.1) is 11.3 Å². The van der Waals surface area contributed by atoms with E-state index in [-0.39, 0.29) is 12.5 Å². The number of thiophene rings is 1. The fourth-order valence-corrected chi connectivity index (χ4v) is 3.63. The average Bonchev–Trinajstić information content (AvgIpc) is 2.96. The Morgan fingerprint density at radius 1 is 1.47 bits per heavy atom. The van der Waals surface area contributed by atoms with Crippen molar-refractivity contribution in [2.45, 2.75) is 32.6 Å². The minimum atomic E-state index is -0.821. The van der Waals surface area contributed by atoms with Gasteiger partial charge in [0.2, 0.25) is 0 Å². The largest absolute Gasteiger partial charge is 0.481 e. The number of carboxylic acids is 1. The number of amides is 1. The molecule has 0 saturated heterocycles. The molecule has 0 aliphatic heterocycles. The van der Waals surface area contributed by atoms with Crippen molar-refractivity contribution >= 4 is 34.8 Å². The summed E-state index contributed by atoms with van der Waals surface area (Å²) in [6.45, 7) is 2.01. The molecule has 1 heterocycles. The Morgan fingerprint density at radius 2 is 2.11 bits per heavy atom. The Morgan fingerprint density at radius 3 is 2.58 bits per heavy atom. The molecule has 0 atom stereocenters. The normalized spacial score (nSPS) is 17.4. The number of rotatable bonds is 4. The van der Waals surface area contributed by atoms with Crippen LogP contribution in [0.2, 0.25) is 5.02 Å². The van der Waals surface area contributed by atoms with Gasteiger partial charge in [-0.1, -0.05) is 24.4 Å². The second-order valence-electron chi connectivity index (χ2n) is 5.04. The molecule has 1 aromatic heterocycles. The Bertz CT molecular complexity index is 506. The van der Waals surface area contributed by atoms with E-state index in [1.165, 1.54) is 11.3 Å². The molecule has 1 amide bonds. The number of carbonyl (C=O) groups is 2. The molecule has 104 valence electrons. The molecule has 19 heavy (non-hydrogen) atoms. The van der Waals surface area contributed by atoms with E-state index in [1.807, 2.05) is 12.3 Å². The van der Waals surface area contributed by atoms with Gasteiger partial charge >= 0.3 is 5.97 Å². The molecule has 1 aliphatic carbocycles. The van der Waals surface area contributed by atoms with Gasteiger partial charge < -0.3 is 10.4 Å². The Kier molecular flexibility index (Phi) is 4.16. The number of carbonyl (C=O) groups excluding carboxylic acids is 1. The smallest absolute Gasteiger partial charge is 0.311 e. The van der Waals surface area contributed by atoms with E-state index >= 15 is 0 Å². The summed E-state index contributed by atoms with van der Waals surface area (Å²) in [6, 6.07) is 0. The summed E-state index contributed by atoms with van der Waals surface area (Å²) in [4.78, 5) is 23.8. The zero-order valence-electron chi connectivity index (χ0n) is 10.7.